The molecule has 1 fully saturated rings. The quantitative estimate of drug-likeness (QED) is 0.0424. The van der Waals surface area contributed by atoms with Crippen LogP contribution < -0.4 is 21.9 Å². The van der Waals surface area contributed by atoms with Crippen LogP contribution in [0.5, 0.6) is 11.5 Å². The molecule has 9 N–H and O–H groups in total. The number of aliphatic imine (C=N–C) groups is 1. The summed E-state index contributed by atoms with van der Waals surface area (Å²) in [6, 6.07) is 10.3. The summed E-state index contributed by atoms with van der Waals surface area (Å²) < 4.78 is 0. The third-order valence-electron chi connectivity index (χ3n) is 7.61. The molecule has 5 unspecified atom stereocenters. The SMILES string of the molecule is CC1CC(C(=O)NC(CO)CCCN=CNN)N(C(=O)C(CCc2ccc(O)cc2)NC(=O)C(O)Cc2ccc(O)cc2)C1. The second-order valence-corrected chi connectivity index (χ2v) is 11.2. The van der Waals surface area contributed by atoms with Gasteiger partial charge in [0.2, 0.25) is 17.7 Å². The lowest BCUT2D eigenvalue weighted by atomic mass is 10.0. The van der Waals surface area contributed by atoms with E-state index >= 15 is 0 Å². The van der Waals surface area contributed by atoms with Crippen LogP contribution in [0.1, 0.15) is 43.7 Å². The number of hydrogen-bond acceptors (Lipinski definition) is 9. The third kappa shape index (κ3) is 10.5. The largest absolute Gasteiger partial charge is 0.508 e. The minimum absolute atomic E-state index is 0.0205. The number of phenols is 2. The molecule has 240 valence electrons. The van der Waals surface area contributed by atoms with Crippen molar-refractivity contribution in [2.24, 2.45) is 16.8 Å². The van der Waals surface area contributed by atoms with Crippen LogP contribution in [0.25, 0.3) is 0 Å². The Hall–Kier alpha value is -4.20. The summed E-state index contributed by atoms with van der Waals surface area (Å²) >= 11 is 0. The molecule has 1 aliphatic rings. The van der Waals surface area contributed by atoms with Crippen LogP contribution in [0.3, 0.4) is 0 Å². The fourth-order valence-electron chi connectivity index (χ4n) is 5.24. The number of amides is 3. The van der Waals surface area contributed by atoms with Crippen LogP contribution in [-0.2, 0) is 27.2 Å². The Morgan fingerprint density at radius 2 is 1.66 bits per heavy atom. The van der Waals surface area contributed by atoms with Gasteiger partial charge in [0.05, 0.1) is 19.0 Å². The molecule has 0 saturated carbocycles. The maximum Gasteiger partial charge on any atom is 0.249 e. The highest BCUT2D eigenvalue weighted by Gasteiger charge is 2.41. The molecule has 3 rings (SSSR count). The number of rotatable bonds is 16. The molecule has 1 saturated heterocycles. The molecule has 1 heterocycles. The zero-order valence-electron chi connectivity index (χ0n) is 24.9. The molecule has 0 aliphatic carbocycles. The zero-order chi connectivity index (χ0) is 32.1. The number of aromatic hydroxyl groups is 2. The van der Waals surface area contributed by atoms with Crippen LogP contribution in [0.15, 0.2) is 53.5 Å². The molecular weight excluding hydrogens is 568 g/mol. The number of phenolic OH excluding ortho intramolecular Hbond substituents is 2. The first kappa shape index (κ1) is 34.3. The average Bonchev–Trinajstić information content (AvgIpc) is 3.41. The van der Waals surface area contributed by atoms with E-state index in [1.165, 1.54) is 35.5 Å². The number of carbonyl (C=O) groups is 3. The molecule has 13 nitrogen and oxygen atoms in total. The lowest BCUT2D eigenvalue weighted by Gasteiger charge is -2.30. The second-order valence-electron chi connectivity index (χ2n) is 11.2. The zero-order valence-corrected chi connectivity index (χ0v) is 24.9. The smallest absolute Gasteiger partial charge is 0.249 e. The number of aliphatic hydroxyl groups is 2. The number of aryl methyl sites for hydroxylation is 1. The highest BCUT2D eigenvalue weighted by molar-refractivity contribution is 5.93. The van der Waals surface area contributed by atoms with Gasteiger partial charge in [-0.05, 0) is 73.4 Å². The first-order chi connectivity index (χ1) is 21.1. The predicted molar refractivity (Wildman–Crippen MR) is 164 cm³/mol. The first-order valence-electron chi connectivity index (χ1n) is 14.8. The van der Waals surface area contributed by atoms with Gasteiger partial charge in [-0.2, -0.15) is 0 Å². The van der Waals surface area contributed by atoms with Crippen molar-refractivity contribution in [3.8, 4) is 11.5 Å². The van der Waals surface area contributed by atoms with Crippen LogP contribution in [0.4, 0.5) is 0 Å². The van der Waals surface area contributed by atoms with E-state index in [4.69, 9.17) is 5.84 Å². The number of hydrazine groups is 1. The maximum atomic E-state index is 14.0. The molecule has 44 heavy (non-hydrogen) atoms. The van der Waals surface area contributed by atoms with Crippen molar-refractivity contribution < 1.29 is 34.8 Å². The van der Waals surface area contributed by atoms with E-state index in [0.29, 0.717) is 44.3 Å². The highest BCUT2D eigenvalue weighted by atomic mass is 16.3. The summed E-state index contributed by atoms with van der Waals surface area (Å²) in [4.78, 5) is 45.9. The van der Waals surface area contributed by atoms with E-state index in [-0.39, 0.29) is 42.8 Å². The van der Waals surface area contributed by atoms with E-state index in [2.05, 4.69) is 21.1 Å². The number of aliphatic hydroxyl groups excluding tert-OH is 2. The van der Waals surface area contributed by atoms with E-state index in [1.54, 1.807) is 24.3 Å². The number of hydrogen-bond donors (Lipinski definition) is 8. The van der Waals surface area contributed by atoms with Crippen LogP contribution in [0.2, 0.25) is 0 Å². The minimum Gasteiger partial charge on any atom is -0.508 e. The van der Waals surface area contributed by atoms with E-state index in [0.717, 1.165) is 5.56 Å². The highest BCUT2D eigenvalue weighted by Crippen LogP contribution is 2.25. The monoisotopic (exact) mass is 612 g/mol. The van der Waals surface area contributed by atoms with E-state index in [1.807, 2.05) is 6.92 Å². The number of carbonyl (C=O) groups excluding carboxylic acids is 3. The standard InChI is InChI=1S/C31H44N6O7/c1-20-15-27(29(42)35-23(18-38)3-2-14-33-19-34-32)37(17-20)31(44)26(13-8-21-4-9-24(39)10-5-21)36-30(43)28(41)16-22-6-11-25(40)12-7-22/h4-7,9-12,19-20,23,26-28,38-41H,2-3,8,13-18,32H2,1H3,(H,33,34)(H,35,42)(H,36,43). The van der Waals surface area contributed by atoms with Crippen molar-refractivity contribution in [3.63, 3.8) is 0 Å². The molecule has 13 heteroatoms. The number of nitrogens with zero attached hydrogens (tertiary/aromatic N) is 2. The van der Waals surface area contributed by atoms with Gasteiger partial charge in [0.1, 0.15) is 29.7 Å². The molecule has 1 aliphatic heterocycles. The Labute approximate surface area is 257 Å². The van der Waals surface area contributed by atoms with Gasteiger partial charge in [0.15, 0.2) is 0 Å². The average molecular weight is 613 g/mol. The van der Waals surface area contributed by atoms with Gasteiger partial charge in [0, 0.05) is 19.5 Å². The molecule has 2 aromatic carbocycles. The van der Waals surface area contributed by atoms with E-state index < -0.39 is 36.0 Å². The summed E-state index contributed by atoms with van der Waals surface area (Å²) in [5.41, 5.74) is 3.77. The van der Waals surface area contributed by atoms with Gasteiger partial charge < -0.3 is 41.4 Å². The Kier molecular flexibility index (Phi) is 13.4. The number of benzene rings is 2. The Bertz CT molecular complexity index is 1240. The number of nitrogens with two attached hydrogens (primary N) is 1. The summed E-state index contributed by atoms with van der Waals surface area (Å²) in [5.74, 6) is 3.78. The molecule has 0 spiro atoms. The Balaban J connectivity index is 1.72. The van der Waals surface area contributed by atoms with Gasteiger partial charge in [-0.15, -0.1) is 0 Å². The molecular formula is C31H44N6O7. The van der Waals surface area contributed by atoms with Gasteiger partial charge in [0.25, 0.3) is 0 Å². The molecule has 2 aromatic rings. The number of likely N-dealkylation sites (tertiary alicyclic amines) is 1. The normalized spacial score (nSPS) is 18.5. The first-order valence-corrected chi connectivity index (χ1v) is 14.8. The summed E-state index contributed by atoms with van der Waals surface area (Å²) in [6.07, 6.45) is 1.97. The lowest BCUT2D eigenvalue weighted by molar-refractivity contribution is -0.143. The summed E-state index contributed by atoms with van der Waals surface area (Å²) in [7, 11) is 0. The summed E-state index contributed by atoms with van der Waals surface area (Å²) in [6.45, 7) is 2.43. The van der Waals surface area contributed by atoms with Crippen molar-refractivity contribution in [1.29, 1.82) is 0 Å². The number of nitrogens with one attached hydrogen (secondary N) is 3. The molecule has 5 atom stereocenters. The van der Waals surface area contributed by atoms with Crippen molar-refractivity contribution in [3.05, 3.63) is 59.7 Å². The van der Waals surface area contributed by atoms with Gasteiger partial charge >= 0.3 is 0 Å². The Morgan fingerprint density at radius 3 is 2.27 bits per heavy atom. The van der Waals surface area contributed by atoms with Gasteiger partial charge in [-0.1, -0.05) is 31.2 Å². The van der Waals surface area contributed by atoms with Gasteiger partial charge in [-0.25, -0.2) is 5.84 Å². The molecule has 3 amide bonds. The third-order valence-corrected chi connectivity index (χ3v) is 7.61. The van der Waals surface area contributed by atoms with Crippen molar-refractivity contribution in [2.45, 2.75) is 69.7 Å². The predicted octanol–water partition coefficient (Wildman–Crippen LogP) is 0.105. The van der Waals surface area contributed by atoms with Crippen molar-refractivity contribution in [1.82, 2.24) is 21.0 Å². The van der Waals surface area contributed by atoms with Crippen LogP contribution >= 0.6 is 0 Å². The van der Waals surface area contributed by atoms with Crippen molar-refractivity contribution >= 4 is 24.1 Å². The minimum atomic E-state index is -1.45. The van der Waals surface area contributed by atoms with Crippen molar-refractivity contribution in [2.75, 3.05) is 19.7 Å². The summed E-state index contributed by atoms with van der Waals surface area (Å²) in [5, 5.41) is 45.2. The molecule has 0 aromatic heterocycles. The fourth-order valence-corrected chi connectivity index (χ4v) is 5.24. The van der Waals surface area contributed by atoms with Crippen LogP contribution in [-0.4, -0.2) is 93.3 Å². The topological polar surface area (TPSA) is 210 Å². The molecule has 0 bridgehead atoms. The lowest BCUT2D eigenvalue weighted by Crippen LogP contribution is -2.56. The second kappa shape index (κ2) is 17.2. The van der Waals surface area contributed by atoms with Gasteiger partial charge in [-0.3, -0.25) is 19.4 Å². The van der Waals surface area contributed by atoms with E-state index in [9.17, 15) is 34.8 Å². The Morgan fingerprint density at radius 1 is 1.02 bits per heavy atom. The van der Waals surface area contributed by atoms with Crippen LogP contribution in [0, 0.1) is 5.92 Å². The fraction of sp³-hybridized carbons (Fsp3) is 0.484. The molecule has 0 radical (unpaired) electrons. The maximum absolute atomic E-state index is 14.0.